The molecule has 0 aliphatic carbocycles. The highest BCUT2D eigenvalue weighted by Gasteiger charge is 2.37. The van der Waals surface area contributed by atoms with Crippen LogP contribution in [0.15, 0.2) is 53.4 Å². The van der Waals surface area contributed by atoms with E-state index in [1.165, 1.54) is 11.4 Å². The molecule has 208 valence electrons. The molecule has 9 heteroatoms. The molecule has 8 nitrogen and oxygen atoms in total. The van der Waals surface area contributed by atoms with Gasteiger partial charge in [0.1, 0.15) is 5.60 Å². The topological polar surface area (TPSA) is 93.2 Å². The lowest BCUT2D eigenvalue weighted by Gasteiger charge is -2.39. The van der Waals surface area contributed by atoms with Crippen LogP contribution in [-0.2, 0) is 31.5 Å². The number of nitrogens with zero attached hydrogens (tertiary/aromatic N) is 2. The summed E-state index contributed by atoms with van der Waals surface area (Å²) in [5.74, 6) is -0.458. The quantitative estimate of drug-likeness (QED) is 0.455. The highest BCUT2D eigenvalue weighted by atomic mass is 32.2. The van der Waals surface area contributed by atoms with Gasteiger partial charge in [0.25, 0.3) is 0 Å². The van der Waals surface area contributed by atoms with Gasteiger partial charge in [0.15, 0.2) is 0 Å². The van der Waals surface area contributed by atoms with Crippen LogP contribution in [-0.4, -0.2) is 61.5 Å². The Morgan fingerprint density at radius 3 is 2.11 bits per heavy atom. The Labute approximate surface area is 227 Å². The van der Waals surface area contributed by atoms with Crippen molar-refractivity contribution in [2.75, 3.05) is 20.2 Å². The maximum absolute atomic E-state index is 14.0. The fraction of sp³-hybridized carbons (Fsp3) is 0.517. The Hall–Kier alpha value is -2.91. The molecule has 1 aliphatic rings. The summed E-state index contributed by atoms with van der Waals surface area (Å²) < 4.78 is 39.9. The number of hydrogen-bond donors (Lipinski definition) is 0. The number of hydrogen-bond acceptors (Lipinski definition) is 6. The Kier molecular flexibility index (Phi) is 8.93. The lowest BCUT2D eigenvalue weighted by molar-refractivity contribution is 0.0152. The number of piperidine rings is 1. The third-order valence-electron chi connectivity index (χ3n) is 6.50. The molecule has 2 aromatic carbocycles. The number of amides is 1. The molecule has 0 aromatic heterocycles. The second-order valence-electron chi connectivity index (χ2n) is 11.7. The minimum absolute atomic E-state index is 0.0949. The van der Waals surface area contributed by atoms with Gasteiger partial charge in [-0.15, -0.1) is 0 Å². The molecule has 38 heavy (non-hydrogen) atoms. The number of likely N-dealkylation sites (tertiary alicyclic amines) is 1. The van der Waals surface area contributed by atoms with Crippen LogP contribution in [0.2, 0.25) is 0 Å². The van der Waals surface area contributed by atoms with E-state index in [2.05, 4.69) is 20.8 Å². The van der Waals surface area contributed by atoms with Crippen LogP contribution in [0.5, 0.6) is 0 Å². The zero-order valence-electron chi connectivity index (χ0n) is 23.5. The Bertz CT molecular complexity index is 1230. The van der Waals surface area contributed by atoms with Gasteiger partial charge < -0.3 is 14.4 Å². The summed E-state index contributed by atoms with van der Waals surface area (Å²) in [5, 5.41) is 0. The summed E-state index contributed by atoms with van der Waals surface area (Å²) >= 11 is 0. The van der Waals surface area contributed by atoms with E-state index in [4.69, 9.17) is 9.47 Å². The molecule has 0 bridgehead atoms. The van der Waals surface area contributed by atoms with Crippen LogP contribution < -0.4 is 0 Å². The molecule has 2 aromatic rings. The molecule has 3 rings (SSSR count). The number of rotatable bonds is 6. The maximum Gasteiger partial charge on any atom is 0.410 e. The first-order chi connectivity index (χ1) is 17.6. The minimum atomic E-state index is -3.91. The van der Waals surface area contributed by atoms with E-state index >= 15 is 0 Å². The van der Waals surface area contributed by atoms with Crippen LogP contribution in [0.1, 0.15) is 75.9 Å². The number of carbonyl (C=O) groups is 2. The zero-order chi connectivity index (χ0) is 28.3. The molecule has 0 saturated carbocycles. The average molecular weight is 545 g/mol. The third-order valence-corrected chi connectivity index (χ3v) is 8.41. The van der Waals surface area contributed by atoms with E-state index in [0.717, 1.165) is 11.1 Å². The van der Waals surface area contributed by atoms with E-state index in [1.807, 2.05) is 32.9 Å². The summed E-state index contributed by atoms with van der Waals surface area (Å²) in [7, 11) is -2.60. The maximum atomic E-state index is 14.0. The average Bonchev–Trinajstić information content (AvgIpc) is 2.85. The first-order valence-corrected chi connectivity index (χ1v) is 14.3. The third kappa shape index (κ3) is 7.35. The molecule has 0 N–H and O–H groups in total. The molecular weight excluding hydrogens is 504 g/mol. The van der Waals surface area contributed by atoms with Crippen molar-refractivity contribution in [3.8, 4) is 0 Å². The second-order valence-corrected chi connectivity index (χ2v) is 13.6. The summed E-state index contributed by atoms with van der Waals surface area (Å²) in [6.07, 6.45) is 0.815. The minimum Gasteiger partial charge on any atom is -0.465 e. The van der Waals surface area contributed by atoms with Crippen LogP contribution in [0.4, 0.5) is 4.79 Å². The van der Waals surface area contributed by atoms with Crippen molar-refractivity contribution in [3.05, 3.63) is 65.2 Å². The van der Waals surface area contributed by atoms with E-state index in [1.54, 1.807) is 41.3 Å². The van der Waals surface area contributed by atoms with Crippen molar-refractivity contribution in [3.63, 3.8) is 0 Å². The molecule has 0 spiro atoms. The second kappa shape index (κ2) is 11.5. The van der Waals surface area contributed by atoms with E-state index < -0.39 is 33.7 Å². The van der Waals surface area contributed by atoms with Crippen molar-refractivity contribution in [2.24, 2.45) is 0 Å². The Morgan fingerprint density at radius 1 is 0.974 bits per heavy atom. The number of benzene rings is 2. The molecular formula is C29H40N2O6S. The molecule has 1 amide bonds. The summed E-state index contributed by atoms with van der Waals surface area (Å²) in [4.78, 5) is 26.5. The first kappa shape index (κ1) is 29.6. The van der Waals surface area contributed by atoms with E-state index in [0.29, 0.717) is 24.9 Å². The van der Waals surface area contributed by atoms with Crippen molar-refractivity contribution in [1.29, 1.82) is 0 Å². The van der Waals surface area contributed by atoms with Gasteiger partial charge >= 0.3 is 12.1 Å². The largest absolute Gasteiger partial charge is 0.465 e. The SMILES string of the molecule is COC(=O)c1ccc(CN(C2CCCN(C(=O)OC(C)(C)C)C2)S(=O)(=O)c2ccc(C(C)(C)C)cc2)cc1. The summed E-state index contributed by atoms with van der Waals surface area (Å²) in [5.41, 5.74) is 1.39. The van der Waals surface area contributed by atoms with E-state index in [-0.39, 0.29) is 23.4 Å². The predicted octanol–water partition coefficient (Wildman–Crippen LogP) is 5.36. The number of ether oxygens (including phenoxy) is 2. The van der Waals surface area contributed by atoms with Gasteiger partial charge in [-0.05, 0) is 74.4 Å². The van der Waals surface area contributed by atoms with Crippen LogP contribution >= 0.6 is 0 Å². The van der Waals surface area contributed by atoms with Crippen LogP contribution in [0, 0.1) is 0 Å². The lowest BCUT2D eigenvalue weighted by Crippen LogP contribution is -2.52. The highest BCUT2D eigenvalue weighted by molar-refractivity contribution is 7.89. The standard InChI is InChI=1S/C29H40N2O6S/c1-28(2,3)23-14-16-25(17-15-23)38(34,35)31(19-21-10-12-22(13-11-21)26(32)36-7)24-9-8-18-30(20-24)27(33)37-29(4,5)6/h10-17,24H,8-9,18-20H2,1-7H3. The predicted molar refractivity (Wildman–Crippen MR) is 146 cm³/mol. The Balaban J connectivity index is 1.95. The number of methoxy groups -OCH3 is 1. The van der Waals surface area contributed by atoms with Crippen molar-refractivity contribution >= 4 is 22.1 Å². The number of esters is 1. The van der Waals surface area contributed by atoms with E-state index in [9.17, 15) is 18.0 Å². The van der Waals surface area contributed by atoms with Crippen molar-refractivity contribution < 1.29 is 27.5 Å². The van der Waals surface area contributed by atoms with Gasteiger partial charge in [-0.1, -0.05) is 45.0 Å². The number of sulfonamides is 1. The monoisotopic (exact) mass is 544 g/mol. The molecule has 1 heterocycles. The molecule has 1 atom stereocenters. The van der Waals surface area contributed by atoms with Crippen molar-refractivity contribution in [1.82, 2.24) is 9.21 Å². The van der Waals surface area contributed by atoms with Crippen LogP contribution in [0.3, 0.4) is 0 Å². The van der Waals surface area contributed by atoms with Gasteiger partial charge in [-0.2, -0.15) is 4.31 Å². The normalized spacial score (nSPS) is 16.8. The fourth-order valence-corrected chi connectivity index (χ4v) is 6.03. The summed E-state index contributed by atoms with van der Waals surface area (Å²) in [6, 6.07) is 13.3. The molecule has 1 unspecified atom stereocenters. The van der Waals surface area contributed by atoms with Gasteiger partial charge in [0.2, 0.25) is 10.0 Å². The zero-order valence-corrected chi connectivity index (χ0v) is 24.3. The fourth-order valence-electron chi connectivity index (χ4n) is 4.40. The molecule has 1 aliphatic heterocycles. The van der Waals surface area contributed by atoms with Gasteiger partial charge in [-0.3, -0.25) is 0 Å². The van der Waals surface area contributed by atoms with Crippen LogP contribution in [0.25, 0.3) is 0 Å². The van der Waals surface area contributed by atoms with Gasteiger partial charge in [0, 0.05) is 25.7 Å². The first-order valence-electron chi connectivity index (χ1n) is 12.9. The molecule has 1 saturated heterocycles. The molecule has 1 fully saturated rings. The smallest absolute Gasteiger partial charge is 0.410 e. The number of carbonyl (C=O) groups excluding carboxylic acids is 2. The van der Waals surface area contributed by atoms with Gasteiger partial charge in [-0.25, -0.2) is 18.0 Å². The Morgan fingerprint density at radius 2 is 1.58 bits per heavy atom. The highest BCUT2D eigenvalue weighted by Crippen LogP contribution is 2.29. The lowest BCUT2D eigenvalue weighted by atomic mass is 9.87. The van der Waals surface area contributed by atoms with Crippen molar-refractivity contribution in [2.45, 2.75) is 82.9 Å². The summed E-state index contributed by atoms with van der Waals surface area (Å²) in [6.45, 7) is 12.5. The van der Waals surface area contributed by atoms with Gasteiger partial charge in [0.05, 0.1) is 17.6 Å². The molecule has 0 radical (unpaired) electrons.